The van der Waals surface area contributed by atoms with Gasteiger partial charge >= 0.3 is 5.76 Å². The molecule has 0 fully saturated rings. The number of aromatic nitrogens is 2. The van der Waals surface area contributed by atoms with Crippen LogP contribution in [0.25, 0.3) is 11.1 Å². The summed E-state index contributed by atoms with van der Waals surface area (Å²) in [5, 5.41) is 2.80. The molecule has 0 spiro atoms. The molecule has 0 aliphatic heterocycles. The van der Waals surface area contributed by atoms with Gasteiger partial charge in [0.05, 0.1) is 5.52 Å². The van der Waals surface area contributed by atoms with Crippen LogP contribution in [0.1, 0.15) is 12.1 Å². The molecule has 112 valence electrons. The minimum atomic E-state index is -0.423. The second-order valence-electron chi connectivity index (χ2n) is 4.98. The van der Waals surface area contributed by atoms with Crippen molar-refractivity contribution < 1.29 is 9.21 Å². The molecule has 0 aliphatic carbocycles. The molecule has 0 saturated carbocycles. The van der Waals surface area contributed by atoms with E-state index in [1.807, 2.05) is 18.2 Å². The van der Waals surface area contributed by atoms with Crippen LogP contribution in [0.5, 0.6) is 0 Å². The second kappa shape index (κ2) is 5.85. The van der Waals surface area contributed by atoms with E-state index in [9.17, 15) is 9.59 Å². The van der Waals surface area contributed by atoms with Gasteiger partial charge in [-0.15, -0.1) is 0 Å². The van der Waals surface area contributed by atoms with Crippen molar-refractivity contribution in [1.82, 2.24) is 9.55 Å². The number of rotatable bonds is 4. The Balaban J connectivity index is 1.67. The summed E-state index contributed by atoms with van der Waals surface area (Å²) in [7, 11) is 1.64. The van der Waals surface area contributed by atoms with E-state index in [1.54, 1.807) is 31.4 Å². The van der Waals surface area contributed by atoms with Gasteiger partial charge in [0.2, 0.25) is 5.91 Å². The van der Waals surface area contributed by atoms with Crippen molar-refractivity contribution in [2.75, 3.05) is 5.32 Å². The van der Waals surface area contributed by atoms with E-state index in [0.717, 1.165) is 5.69 Å². The molecular weight excluding hydrogens is 282 g/mol. The van der Waals surface area contributed by atoms with Crippen LogP contribution in [0.2, 0.25) is 0 Å². The van der Waals surface area contributed by atoms with E-state index in [1.165, 1.54) is 4.57 Å². The molecule has 0 atom stereocenters. The van der Waals surface area contributed by atoms with Gasteiger partial charge in [0.25, 0.3) is 0 Å². The highest BCUT2D eigenvalue weighted by molar-refractivity contribution is 5.92. The molecule has 1 amide bonds. The van der Waals surface area contributed by atoms with E-state index in [4.69, 9.17) is 4.42 Å². The largest absolute Gasteiger partial charge is 0.419 e. The average Bonchev–Trinajstić information content (AvgIpc) is 2.81. The van der Waals surface area contributed by atoms with Gasteiger partial charge in [0.1, 0.15) is 0 Å². The quantitative estimate of drug-likeness (QED) is 0.800. The summed E-state index contributed by atoms with van der Waals surface area (Å²) >= 11 is 0. The summed E-state index contributed by atoms with van der Waals surface area (Å²) in [6, 6.07) is 10.8. The summed E-state index contributed by atoms with van der Waals surface area (Å²) in [4.78, 5) is 27.6. The van der Waals surface area contributed by atoms with Crippen molar-refractivity contribution in [1.29, 1.82) is 0 Å². The number of aryl methyl sites for hydroxylation is 2. The van der Waals surface area contributed by atoms with Crippen LogP contribution >= 0.6 is 0 Å². The summed E-state index contributed by atoms with van der Waals surface area (Å²) in [5.74, 6) is -0.531. The molecule has 3 rings (SSSR count). The predicted octanol–water partition coefficient (Wildman–Crippen LogP) is 2.10. The molecule has 0 bridgehead atoms. The van der Waals surface area contributed by atoms with Gasteiger partial charge in [-0.2, -0.15) is 0 Å². The smallest absolute Gasteiger partial charge is 0.408 e. The number of benzene rings is 1. The van der Waals surface area contributed by atoms with Crippen molar-refractivity contribution in [3.63, 3.8) is 0 Å². The van der Waals surface area contributed by atoms with Gasteiger partial charge in [-0.25, -0.2) is 4.79 Å². The molecule has 1 aromatic carbocycles. The molecule has 22 heavy (non-hydrogen) atoms. The third-order valence-corrected chi connectivity index (χ3v) is 3.41. The van der Waals surface area contributed by atoms with Crippen molar-refractivity contribution in [3.8, 4) is 0 Å². The third kappa shape index (κ3) is 2.90. The Hall–Kier alpha value is -2.89. The summed E-state index contributed by atoms with van der Waals surface area (Å²) in [6.07, 6.45) is 2.63. The first-order valence-corrected chi connectivity index (χ1v) is 6.93. The number of nitrogens with one attached hydrogen (secondary N) is 1. The van der Waals surface area contributed by atoms with E-state index < -0.39 is 5.76 Å². The Morgan fingerprint density at radius 3 is 2.95 bits per heavy atom. The molecule has 2 heterocycles. The molecule has 1 N–H and O–H groups in total. The second-order valence-corrected chi connectivity index (χ2v) is 4.98. The number of anilines is 1. The van der Waals surface area contributed by atoms with Crippen LogP contribution in [0.15, 0.2) is 51.8 Å². The fourth-order valence-corrected chi connectivity index (χ4v) is 2.22. The van der Waals surface area contributed by atoms with Crippen LogP contribution < -0.4 is 11.1 Å². The summed E-state index contributed by atoms with van der Waals surface area (Å²) < 4.78 is 6.51. The van der Waals surface area contributed by atoms with Crippen molar-refractivity contribution >= 4 is 22.7 Å². The number of amides is 1. The number of carbonyl (C=O) groups excluding carboxylic acids is 1. The minimum absolute atomic E-state index is 0.108. The van der Waals surface area contributed by atoms with E-state index in [0.29, 0.717) is 29.6 Å². The van der Waals surface area contributed by atoms with Gasteiger partial charge in [-0.1, -0.05) is 6.07 Å². The maximum atomic E-state index is 12.0. The zero-order chi connectivity index (χ0) is 15.5. The van der Waals surface area contributed by atoms with Gasteiger partial charge in [-0.3, -0.25) is 14.3 Å². The maximum Gasteiger partial charge on any atom is 0.419 e. The number of fused-ring (bicyclic) bond motifs is 1. The molecule has 0 radical (unpaired) electrons. The lowest BCUT2D eigenvalue weighted by Gasteiger charge is -2.05. The van der Waals surface area contributed by atoms with Crippen molar-refractivity contribution in [2.45, 2.75) is 12.8 Å². The van der Waals surface area contributed by atoms with Crippen LogP contribution in [-0.2, 0) is 18.3 Å². The Labute approximate surface area is 126 Å². The zero-order valence-corrected chi connectivity index (χ0v) is 12.1. The Kier molecular flexibility index (Phi) is 3.74. The highest BCUT2D eigenvalue weighted by Crippen LogP contribution is 2.18. The average molecular weight is 297 g/mol. The number of carbonyl (C=O) groups is 1. The van der Waals surface area contributed by atoms with Gasteiger partial charge in [0, 0.05) is 37.1 Å². The van der Waals surface area contributed by atoms with Crippen molar-refractivity contribution in [2.24, 2.45) is 7.05 Å². The lowest BCUT2D eigenvalue weighted by molar-refractivity contribution is -0.116. The topological polar surface area (TPSA) is 77.1 Å². The summed E-state index contributed by atoms with van der Waals surface area (Å²) in [6.45, 7) is 0. The van der Waals surface area contributed by atoms with E-state index >= 15 is 0 Å². The van der Waals surface area contributed by atoms with Crippen LogP contribution in [0, 0.1) is 0 Å². The maximum absolute atomic E-state index is 12.0. The molecule has 0 unspecified atom stereocenters. The Morgan fingerprint density at radius 2 is 2.18 bits per heavy atom. The first kappa shape index (κ1) is 14.1. The van der Waals surface area contributed by atoms with E-state index in [2.05, 4.69) is 10.3 Å². The van der Waals surface area contributed by atoms with Crippen LogP contribution in [0.4, 0.5) is 5.69 Å². The highest BCUT2D eigenvalue weighted by atomic mass is 16.4. The van der Waals surface area contributed by atoms with E-state index in [-0.39, 0.29) is 5.91 Å². The normalized spacial score (nSPS) is 10.8. The Morgan fingerprint density at radius 1 is 1.32 bits per heavy atom. The molecular formula is C16H15N3O3. The number of oxazole rings is 1. The SMILES string of the molecule is Cn1c(=O)oc2cc(NC(=O)CCc3ccccn3)ccc21. The molecule has 3 aromatic rings. The molecule has 2 aromatic heterocycles. The van der Waals surface area contributed by atoms with Crippen LogP contribution in [0.3, 0.4) is 0 Å². The number of pyridine rings is 1. The molecule has 0 aliphatic rings. The lowest BCUT2D eigenvalue weighted by atomic mass is 10.2. The number of hydrogen-bond donors (Lipinski definition) is 1. The monoisotopic (exact) mass is 297 g/mol. The summed E-state index contributed by atoms with van der Waals surface area (Å²) in [5.41, 5.74) is 2.63. The molecule has 6 nitrogen and oxygen atoms in total. The lowest BCUT2D eigenvalue weighted by Crippen LogP contribution is -2.12. The molecule has 6 heteroatoms. The first-order valence-electron chi connectivity index (χ1n) is 6.93. The molecule has 0 saturated heterocycles. The third-order valence-electron chi connectivity index (χ3n) is 3.41. The minimum Gasteiger partial charge on any atom is -0.408 e. The van der Waals surface area contributed by atoms with Gasteiger partial charge in [-0.05, 0) is 30.7 Å². The fraction of sp³-hybridized carbons (Fsp3) is 0.188. The fourth-order valence-electron chi connectivity index (χ4n) is 2.22. The van der Waals surface area contributed by atoms with Gasteiger partial charge < -0.3 is 9.73 Å². The predicted molar refractivity (Wildman–Crippen MR) is 82.6 cm³/mol. The standard InChI is InChI=1S/C16H15N3O3/c1-19-13-7-5-12(10-14(13)22-16(19)21)18-15(20)8-6-11-4-2-3-9-17-11/h2-5,7,9-10H,6,8H2,1H3,(H,18,20). The first-order chi connectivity index (χ1) is 10.6. The van der Waals surface area contributed by atoms with Gasteiger partial charge in [0.15, 0.2) is 5.58 Å². The van der Waals surface area contributed by atoms with Crippen LogP contribution in [-0.4, -0.2) is 15.5 Å². The zero-order valence-electron chi connectivity index (χ0n) is 12.1. The highest BCUT2D eigenvalue weighted by Gasteiger charge is 2.08. The Bertz CT molecular complexity index is 865. The van der Waals surface area contributed by atoms with Crippen molar-refractivity contribution in [3.05, 3.63) is 58.8 Å². The number of hydrogen-bond acceptors (Lipinski definition) is 4. The number of nitrogens with zero attached hydrogens (tertiary/aromatic N) is 2.